The van der Waals surface area contributed by atoms with Gasteiger partial charge < -0.3 is 10.3 Å². The third kappa shape index (κ3) is 3.81. The molecule has 5 nitrogen and oxygen atoms in total. The monoisotopic (exact) mass is 299 g/mol. The van der Waals surface area contributed by atoms with Crippen LogP contribution in [0.25, 0.3) is 11.3 Å². The van der Waals surface area contributed by atoms with E-state index in [1.54, 1.807) is 6.07 Å². The van der Waals surface area contributed by atoms with Gasteiger partial charge in [-0.1, -0.05) is 23.8 Å². The number of amides is 1. The first-order valence-corrected chi connectivity index (χ1v) is 7.17. The minimum atomic E-state index is -0.531. The lowest BCUT2D eigenvalue weighted by molar-refractivity contribution is 0.0914. The van der Waals surface area contributed by atoms with Gasteiger partial charge in [-0.05, 0) is 46.2 Å². The topological polar surface area (TPSA) is 74.8 Å². The van der Waals surface area contributed by atoms with Crippen LogP contribution in [-0.4, -0.2) is 21.4 Å². The highest BCUT2D eigenvalue weighted by Crippen LogP contribution is 2.22. The predicted molar refractivity (Wildman–Crippen MR) is 87.0 cm³/mol. The maximum absolute atomic E-state index is 12.2. The summed E-state index contributed by atoms with van der Waals surface area (Å²) in [6.45, 7) is 9.62. The van der Waals surface area contributed by atoms with Crippen molar-refractivity contribution in [1.29, 1.82) is 0 Å². The Hall–Kier alpha value is -2.43. The molecule has 0 saturated carbocycles. The van der Waals surface area contributed by atoms with Crippen LogP contribution < -0.4 is 11.0 Å². The number of aryl methyl sites for hydroxylation is 2. The van der Waals surface area contributed by atoms with E-state index in [4.69, 9.17) is 0 Å². The summed E-state index contributed by atoms with van der Waals surface area (Å²) in [6.07, 6.45) is 0. The van der Waals surface area contributed by atoms with Crippen molar-refractivity contribution in [2.75, 3.05) is 0 Å². The maximum Gasteiger partial charge on any atom is 0.346 e. The Bertz CT molecular complexity index is 770. The summed E-state index contributed by atoms with van der Waals surface area (Å²) in [5.74, 6) is -0.321. The Balaban J connectivity index is 2.47. The van der Waals surface area contributed by atoms with Crippen molar-refractivity contribution in [3.8, 4) is 11.3 Å². The van der Waals surface area contributed by atoms with E-state index >= 15 is 0 Å². The highest BCUT2D eigenvalue weighted by Gasteiger charge is 2.17. The normalized spacial score (nSPS) is 11.3. The van der Waals surface area contributed by atoms with Crippen molar-refractivity contribution < 1.29 is 4.79 Å². The average molecular weight is 299 g/mol. The SMILES string of the molecule is Cc1ccc(-c2cc(C(=O)NC(C)(C)C)[nH]c(=O)n2)c(C)c1. The molecule has 1 aromatic carbocycles. The zero-order valence-electron chi connectivity index (χ0n) is 13.6. The first kappa shape index (κ1) is 15.9. The number of carbonyl (C=O) groups excluding carboxylic acids is 1. The number of nitrogens with zero attached hydrogens (tertiary/aromatic N) is 1. The number of aromatic nitrogens is 2. The van der Waals surface area contributed by atoms with E-state index in [1.807, 2.05) is 52.8 Å². The van der Waals surface area contributed by atoms with E-state index in [-0.39, 0.29) is 17.1 Å². The zero-order chi connectivity index (χ0) is 16.5. The van der Waals surface area contributed by atoms with Gasteiger partial charge in [-0.3, -0.25) is 4.79 Å². The Kier molecular flexibility index (Phi) is 4.17. The molecule has 2 aromatic rings. The molecule has 116 valence electrons. The Labute approximate surface area is 129 Å². The van der Waals surface area contributed by atoms with Crippen molar-refractivity contribution in [3.05, 3.63) is 51.6 Å². The second-order valence-corrected chi connectivity index (χ2v) is 6.51. The van der Waals surface area contributed by atoms with Gasteiger partial charge in [0.15, 0.2) is 0 Å². The molecule has 1 heterocycles. The molecular formula is C17H21N3O2. The molecule has 0 spiro atoms. The van der Waals surface area contributed by atoms with Crippen LogP contribution in [0.4, 0.5) is 0 Å². The molecule has 1 aromatic heterocycles. The lowest BCUT2D eigenvalue weighted by Crippen LogP contribution is -2.41. The molecule has 1 amide bonds. The van der Waals surface area contributed by atoms with E-state index in [2.05, 4.69) is 15.3 Å². The van der Waals surface area contributed by atoms with Crippen LogP contribution in [0, 0.1) is 13.8 Å². The Morgan fingerprint density at radius 3 is 2.45 bits per heavy atom. The van der Waals surface area contributed by atoms with Crippen molar-refractivity contribution >= 4 is 5.91 Å². The van der Waals surface area contributed by atoms with Gasteiger partial charge in [0.25, 0.3) is 5.91 Å². The van der Waals surface area contributed by atoms with Crippen LogP contribution in [-0.2, 0) is 0 Å². The van der Waals surface area contributed by atoms with E-state index < -0.39 is 5.69 Å². The number of H-pyrrole nitrogens is 1. The van der Waals surface area contributed by atoms with Crippen molar-refractivity contribution in [2.24, 2.45) is 0 Å². The van der Waals surface area contributed by atoms with Crippen LogP contribution in [0.2, 0.25) is 0 Å². The smallest absolute Gasteiger partial charge is 0.346 e. The fourth-order valence-electron chi connectivity index (χ4n) is 2.23. The summed E-state index contributed by atoms with van der Waals surface area (Å²) in [5.41, 5.74) is 2.80. The molecule has 22 heavy (non-hydrogen) atoms. The second kappa shape index (κ2) is 5.75. The molecule has 0 bridgehead atoms. The number of hydrogen-bond acceptors (Lipinski definition) is 3. The van der Waals surface area contributed by atoms with Gasteiger partial charge in [0.1, 0.15) is 5.69 Å². The molecule has 0 radical (unpaired) electrons. The van der Waals surface area contributed by atoms with Crippen molar-refractivity contribution in [2.45, 2.75) is 40.2 Å². The van der Waals surface area contributed by atoms with Gasteiger partial charge in [0.05, 0.1) is 5.69 Å². The highest BCUT2D eigenvalue weighted by molar-refractivity contribution is 5.93. The third-order valence-corrected chi connectivity index (χ3v) is 3.14. The first-order valence-electron chi connectivity index (χ1n) is 7.17. The maximum atomic E-state index is 12.2. The van der Waals surface area contributed by atoms with Crippen LogP contribution in [0.1, 0.15) is 42.4 Å². The van der Waals surface area contributed by atoms with Crippen LogP contribution in [0.5, 0.6) is 0 Å². The van der Waals surface area contributed by atoms with Gasteiger partial charge in [-0.15, -0.1) is 0 Å². The summed E-state index contributed by atoms with van der Waals surface area (Å²) in [5, 5.41) is 2.83. The molecule has 2 rings (SSSR count). The summed E-state index contributed by atoms with van der Waals surface area (Å²) < 4.78 is 0. The summed E-state index contributed by atoms with van der Waals surface area (Å²) in [4.78, 5) is 30.5. The Morgan fingerprint density at radius 2 is 1.86 bits per heavy atom. The Morgan fingerprint density at radius 1 is 1.18 bits per heavy atom. The van der Waals surface area contributed by atoms with Gasteiger partial charge in [0, 0.05) is 11.1 Å². The summed E-state index contributed by atoms with van der Waals surface area (Å²) in [6, 6.07) is 7.51. The number of carbonyl (C=O) groups is 1. The van der Waals surface area contributed by atoms with Gasteiger partial charge in [0.2, 0.25) is 0 Å². The molecule has 0 aliphatic heterocycles. The van der Waals surface area contributed by atoms with Crippen molar-refractivity contribution in [3.63, 3.8) is 0 Å². The first-order chi connectivity index (χ1) is 10.2. The third-order valence-electron chi connectivity index (χ3n) is 3.14. The summed E-state index contributed by atoms with van der Waals surface area (Å²) in [7, 11) is 0. The summed E-state index contributed by atoms with van der Waals surface area (Å²) >= 11 is 0. The minimum absolute atomic E-state index is 0.213. The molecule has 0 unspecified atom stereocenters. The lowest BCUT2D eigenvalue weighted by Gasteiger charge is -2.20. The molecule has 0 fully saturated rings. The van der Waals surface area contributed by atoms with Gasteiger partial charge in [-0.25, -0.2) is 4.79 Å². The van der Waals surface area contributed by atoms with E-state index in [0.29, 0.717) is 5.69 Å². The largest absolute Gasteiger partial charge is 0.346 e. The van der Waals surface area contributed by atoms with E-state index in [0.717, 1.165) is 16.7 Å². The van der Waals surface area contributed by atoms with Crippen LogP contribution >= 0.6 is 0 Å². The second-order valence-electron chi connectivity index (χ2n) is 6.51. The number of aromatic amines is 1. The molecule has 0 aliphatic rings. The predicted octanol–water partition coefficient (Wildman–Crippen LogP) is 2.58. The molecule has 0 aliphatic carbocycles. The average Bonchev–Trinajstić information content (AvgIpc) is 2.35. The molecule has 0 atom stereocenters. The zero-order valence-corrected chi connectivity index (χ0v) is 13.6. The van der Waals surface area contributed by atoms with Gasteiger partial charge in [-0.2, -0.15) is 4.98 Å². The number of benzene rings is 1. The van der Waals surface area contributed by atoms with E-state index in [1.165, 1.54) is 0 Å². The molecule has 2 N–H and O–H groups in total. The fourth-order valence-corrected chi connectivity index (χ4v) is 2.23. The number of nitrogens with one attached hydrogen (secondary N) is 2. The highest BCUT2D eigenvalue weighted by atomic mass is 16.2. The van der Waals surface area contributed by atoms with Crippen LogP contribution in [0.15, 0.2) is 29.1 Å². The van der Waals surface area contributed by atoms with E-state index in [9.17, 15) is 9.59 Å². The molecule has 0 saturated heterocycles. The number of hydrogen-bond donors (Lipinski definition) is 2. The van der Waals surface area contributed by atoms with Crippen molar-refractivity contribution in [1.82, 2.24) is 15.3 Å². The van der Waals surface area contributed by atoms with Gasteiger partial charge >= 0.3 is 5.69 Å². The molecule has 5 heteroatoms. The number of rotatable bonds is 2. The quantitative estimate of drug-likeness (QED) is 0.895. The van der Waals surface area contributed by atoms with Crippen LogP contribution in [0.3, 0.4) is 0 Å². The fraction of sp³-hybridized carbons (Fsp3) is 0.353. The minimum Gasteiger partial charge on any atom is -0.346 e. The standard InChI is InChI=1S/C17H21N3O2/c1-10-6-7-12(11(2)8-10)13-9-14(19-16(22)18-13)15(21)20-17(3,4)5/h6-9H,1-5H3,(H,20,21)(H,18,19,22). The molecular weight excluding hydrogens is 278 g/mol. The lowest BCUT2D eigenvalue weighted by atomic mass is 10.0.